The Bertz CT molecular complexity index is 1080. The second-order valence-corrected chi connectivity index (χ2v) is 4.93. The van der Waals surface area contributed by atoms with E-state index in [4.69, 9.17) is 10.3 Å². The van der Waals surface area contributed by atoms with Gasteiger partial charge in [0.25, 0.3) is 5.56 Å². The SMILES string of the molecule is Cc1nc(-c2cccc(-c3c(C#N)c(N)[nH]c(=O)c3C#N)c2)no1. The van der Waals surface area contributed by atoms with E-state index in [0.717, 1.165) is 0 Å². The van der Waals surface area contributed by atoms with Gasteiger partial charge in [0.1, 0.15) is 29.1 Å². The summed E-state index contributed by atoms with van der Waals surface area (Å²) in [6.45, 7) is 1.67. The van der Waals surface area contributed by atoms with Crippen molar-refractivity contribution in [3.63, 3.8) is 0 Å². The quantitative estimate of drug-likeness (QED) is 0.731. The minimum atomic E-state index is -0.648. The smallest absolute Gasteiger partial charge is 0.268 e. The zero-order valence-corrected chi connectivity index (χ0v) is 12.5. The van der Waals surface area contributed by atoms with Gasteiger partial charge in [-0.2, -0.15) is 15.5 Å². The van der Waals surface area contributed by atoms with E-state index in [1.807, 2.05) is 12.1 Å². The number of aromatic nitrogens is 3. The van der Waals surface area contributed by atoms with Crippen LogP contribution in [0.25, 0.3) is 22.5 Å². The Morgan fingerprint density at radius 1 is 1.21 bits per heavy atom. The van der Waals surface area contributed by atoms with Crippen molar-refractivity contribution in [1.82, 2.24) is 15.1 Å². The molecule has 0 aliphatic carbocycles. The molecule has 2 heterocycles. The molecule has 2 aromatic heterocycles. The summed E-state index contributed by atoms with van der Waals surface area (Å²) < 4.78 is 4.95. The molecule has 1 aromatic carbocycles. The number of nitriles is 2. The van der Waals surface area contributed by atoms with Crippen LogP contribution in [0.1, 0.15) is 17.0 Å². The van der Waals surface area contributed by atoms with Crippen molar-refractivity contribution >= 4 is 5.82 Å². The van der Waals surface area contributed by atoms with Gasteiger partial charge in [0.05, 0.1) is 0 Å². The van der Waals surface area contributed by atoms with Gasteiger partial charge in [0.2, 0.25) is 11.7 Å². The Morgan fingerprint density at radius 2 is 1.92 bits per heavy atom. The molecule has 116 valence electrons. The molecule has 0 saturated carbocycles. The lowest BCUT2D eigenvalue weighted by Crippen LogP contribution is -2.16. The summed E-state index contributed by atoms with van der Waals surface area (Å²) in [4.78, 5) is 18.4. The second-order valence-electron chi connectivity index (χ2n) is 4.93. The minimum absolute atomic E-state index is 0.0348. The highest BCUT2D eigenvalue weighted by atomic mass is 16.5. The molecule has 8 nitrogen and oxygen atoms in total. The molecule has 24 heavy (non-hydrogen) atoms. The molecule has 3 N–H and O–H groups in total. The average molecular weight is 318 g/mol. The van der Waals surface area contributed by atoms with Crippen LogP contribution < -0.4 is 11.3 Å². The van der Waals surface area contributed by atoms with E-state index in [-0.39, 0.29) is 22.5 Å². The molecule has 0 aliphatic rings. The number of nitrogens with one attached hydrogen (secondary N) is 1. The molecule has 0 amide bonds. The number of hydrogen-bond acceptors (Lipinski definition) is 7. The van der Waals surface area contributed by atoms with Crippen LogP contribution in [0.5, 0.6) is 0 Å². The summed E-state index contributed by atoms with van der Waals surface area (Å²) in [6, 6.07) is 10.6. The van der Waals surface area contributed by atoms with Crippen LogP contribution in [0, 0.1) is 29.6 Å². The Hall–Kier alpha value is -3.91. The monoisotopic (exact) mass is 318 g/mol. The van der Waals surface area contributed by atoms with Crippen LogP contribution in [0.2, 0.25) is 0 Å². The fourth-order valence-corrected chi connectivity index (χ4v) is 2.36. The van der Waals surface area contributed by atoms with E-state index in [0.29, 0.717) is 22.8 Å². The molecule has 3 aromatic rings. The van der Waals surface area contributed by atoms with Crippen LogP contribution in [-0.4, -0.2) is 15.1 Å². The summed E-state index contributed by atoms with van der Waals surface area (Å²) in [6.07, 6.45) is 0. The molecule has 0 aliphatic heterocycles. The highest BCUT2D eigenvalue weighted by Crippen LogP contribution is 2.30. The standard InChI is InChI=1S/C16H10N6O2/c1-8-20-15(22-24-8)10-4-2-3-9(5-10)13-11(6-17)14(19)21-16(23)12(13)7-18/h2-5H,1H3,(H3,19,21,23). The van der Waals surface area contributed by atoms with Gasteiger partial charge in [-0.15, -0.1) is 0 Å². The lowest BCUT2D eigenvalue weighted by molar-refractivity contribution is 0.394. The van der Waals surface area contributed by atoms with E-state index in [1.54, 1.807) is 31.2 Å². The number of pyridine rings is 1. The van der Waals surface area contributed by atoms with Gasteiger partial charge in [-0.1, -0.05) is 23.4 Å². The molecule has 8 heteroatoms. The van der Waals surface area contributed by atoms with Gasteiger partial charge < -0.3 is 15.2 Å². The van der Waals surface area contributed by atoms with Crippen molar-refractivity contribution in [2.24, 2.45) is 0 Å². The molecule has 0 unspecified atom stereocenters. The first-order chi connectivity index (χ1) is 11.5. The lowest BCUT2D eigenvalue weighted by atomic mass is 9.95. The Morgan fingerprint density at radius 3 is 2.54 bits per heavy atom. The van der Waals surface area contributed by atoms with Gasteiger partial charge in [-0.05, 0) is 11.6 Å². The maximum absolute atomic E-state index is 12.0. The highest BCUT2D eigenvalue weighted by molar-refractivity contribution is 5.82. The molecule has 0 atom stereocenters. The third-order valence-corrected chi connectivity index (χ3v) is 3.41. The number of nitrogens with zero attached hydrogens (tertiary/aromatic N) is 4. The predicted molar refractivity (Wildman–Crippen MR) is 84.4 cm³/mol. The fraction of sp³-hybridized carbons (Fsp3) is 0.0625. The molecule has 3 rings (SSSR count). The number of aromatic amines is 1. The first kappa shape index (κ1) is 15.0. The number of H-pyrrole nitrogens is 1. The van der Waals surface area contributed by atoms with Crippen molar-refractivity contribution in [3.8, 4) is 34.7 Å². The molecule has 0 spiro atoms. The van der Waals surface area contributed by atoms with Crippen LogP contribution >= 0.6 is 0 Å². The first-order valence-electron chi connectivity index (χ1n) is 6.82. The summed E-state index contributed by atoms with van der Waals surface area (Å²) in [5, 5.41) is 22.5. The van der Waals surface area contributed by atoms with Crippen molar-refractivity contribution < 1.29 is 4.52 Å². The van der Waals surface area contributed by atoms with E-state index in [2.05, 4.69) is 15.1 Å². The van der Waals surface area contributed by atoms with Gasteiger partial charge in [0, 0.05) is 18.1 Å². The van der Waals surface area contributed by atoms with Crippen molar-refractivity contribution in [3.05, 3.63) is 51.6 Å². The lowest BCUT2D eigenvalue weighted by Gasteiger charge is -2.09. The molecule has 0 bridgehead atoms. The second kappa shape index (κ2) is 5.71. The van der Waals surface area contributed by atoms with Crippen LogP contribution in [0.4, 0.5) is 5.82 Å². The highest BCUT2D eigenvalue weighted by Gasteiger charge is 2.19. The number of hydrogen-bond donors (Lipinski definition) is 2. The number of rotatable bonds is 2. The topological polar surface area (TPSA) is 145 Å². The molecule has 0 saturated heterocycles. The number of aryl methyl sites for hydroxylation is 1. The maximum Gasteiger partial charge on any atom is 0.268 e. The number of anilines is 1. The summed E-state index contributed by atoms with van der Waals surface area (Å²) in [7, 11) is 0. The summed E-state index contributed by atoms with van der Waals surface area (Å²) in [5.41, 5.74) is 6.22. The first-order valence-corrected chi connectivity index (χ1v) is 6.82. The summed E-state index contributed by atoms with van der Waals surface area (Å²) >= 11 is 0. The van der Waals surface area contributed by atoms with Crippen LogP contribution in [0.15, 0.2) is 33.6 Å². The predicted octanol–water partition coefficient (Wildman–Crippen LogP) is 1.73. The summed E-state index contributed by atoms with van der Waals surface area (Å²) in [5.74, 6) is 0.688. The average Bonchev–Trinajstić information content (AvgIpc) is 3.01. The van der Waals surface area contributed by atoms with Crippen molar-refractivity contribution in [2.45, 2.75) is 6.92 Å². The van der Waals surface area contributed by atoms with E-state index >= 15 is 0 Å². The number of nitrogen functional groups attached to an aromatic ring is 1. The van der Waals surface area contributed by atoms with Gasteiger partial charge >= 0.3 is 0 Å². The zero-order chi connectivity index (χ0) is 17.3. The Balaban J connectivity index is 2.30. The normalized spacial score (nSPS) is 10.1. The van der Waals surface area contributed by atoms with E-state index in [1.165, 1.54) is 0 Å². The van der Waals surface area contributed by atoms with Gasteiger partial charge in [-0.3, -0.25) is 4.79 Å². The van der Waals surface area contributed by atoms with E-state index < -0.39 is 5.56 Å². The van der Waals surface area contributed by atoms with E-state index in [9.17, 15) is 15.3 Å². The zero-order valence-electron chi connectivity index (χ0n) is 12.5. The Labute approximate surface area is 135 Å². The third kappa shape index (κ3) is 2.38. The minimum Gasteiger partial charge on any atom is -0.384 e. The largest absolute Gasteiger partial charge is 0.384 e. The third-order valence-electron chi connectivity index (χ3n) is 3.41. The van der Waals surface area contributed by atoms with Gasteiger partial charge in [-0.25, -0.2) is 0 Å². The van der Waals surface area contributed by atoms with Crippen LogP contribution in [0.3, 0.4) is 0 Å². The Kier molecular flexibility index (Phi) is 3.57. The molecule has 0 radical (unpaired) electrons. The van der Waals surface area contributed by atoms with Crippen LogP contribution in [-0.2, 0) is 0 Å². The number of benzene rings is 1. The molecular weight excluding hydrogens is 308 g/mol. The fourth-order valence-electron chi connectivity index (χ4n) is 2.36. The van der Waals surface area contributed by atoms with Crippen molar-refractivity contribution in [1.29, 1.82) is 10.5 Å². The molecular formula is C16H10N6O2. The van der Waals surface area contributed by atoms with Crippen molar-refractivity contribution in [2.75, 3.05) is 5.73 Å². The number of nitrogens with two attached hydrogens (primary N) is 1. The van der Waals surface area contributed by atoms with Gasteiger partial charge in [0.15, 0.2) is 0 Å². The maximum atomic E-state index is 12.0. The molecule has 0 fully saturated rings.